The predicted octanol–water partition coefficient (Wildman–Crippen LogP) is 0.938. The fraction of sp³-hybridized carbons (Fsp3) is 0.545. The van der Waals surface area contributed by atoms with E-state index < -0.39 is 0 Å². The Bertz CT molecular complexity index is 427. The van der Waals surface area contributed by atoms with E-state index in [1.54, 1.807) is 29.0 Å². The molecule has 84 valence electrons. The Balaban J connectivity index is 2.11. The Morgan fingerprint density at radius 2 is 2.50 bits per heavy atom. The SMILES string of the molecule is Cn1cncc1C(=O)N(CCC#N)C1CC1. The van der Waals surface area contributed by atoms with Gasteiger partial charge in [0.2, 0.25) is 0 Å². The highest BCUT2D eigenvalue weighted by molar-refractivity contribution is 5.92. The van der Waals surface area contributed by atoms with Gasteiger partial charge in [-0.1, -0.05) is 0 Å². The number of carbonyl (C=O) groups excluding carboxylic acids is 1. The molecule has 16 heavy (non-hydrogen) atoms. The molecule has 0 atom stereocenters. The molecule has 1 aromatic heterocycles. The van der Waals surface area contributed by atoms with Crippen LogP contribution in [0.2, 0.25) is 0 Å². The maximum Gasteiger partial charge on any atom is 0.272 e. The van der Waals surface area contributed by atoms with Gasteiger partial charge in [0.1, 0.15) is 5.69 Å². The molecule has 2 rings (SSSR count). The molecule has 0 aromatic carbocycles. The van der Waals surface area contributed by atoms with Gasteiger partial charge in [-0.25, -0.2) is 4.98 Å². The lowest BCUT2D eigenvalue weighted by Crippen LogP contribution is -2.34. The number of hydrogen-bond donors (Lipinski definition) is 0. The van der Waals surface area contributed by atoms with Crippen LogP contribution in [-0.4, -0.2) is 32.9 Å². The first kappa shape index (κ1) is 10.7. The second-order valence-corrected chi connectivity index (χ2v) is 4.03. The molecule has 1 heterocycles. The van der Waals surface area contributed by atoms with Gasteiger partial charge in [0.05, 0.1) is 25.0 Å². The van der Waals surface area contributed by atoms with Crippen LogP contribution in [0.3, 0.4) is 0 Å². The third kappa shape index (κ3) is 2.06. The standard InChI is InChI=1S/C11H14N4O/c1-14-8-13-7-10(14)11(16)15(6-2-5-12)9-3-4-9/h7-9H,2-4,6H2,1H3. The Hall–Kier alpha value is -1.83. The number of amides is 1. The van der Waals surface area contributed by atoms with Crippen LogP contribution in [0.15, 0.2) is 12.5 Å². The van der Waals surface area contributed by atoms with Gasteiger partial charge in [0.15, 0.2) is 0 Å². The zero-order valence-corrected chi connectivity index (χ0v) is 9.26. The molecule has 1 aliphatic rings. The number of hydrogen-bond acceptors (Lipinski definition) is 3. The average molecular weight is 218 g/mol. The van der Waals surface area contributed by atoms with Gasteiger partial charge in [-0.15, -0.1) is 0 Å². The monoisotopic (exact) mass is 218 g/mol. The third-order valence-corrected chi connectivity index (χ3v) is 2.75. The highest BCUT2D eigenvalue weighted by Gasteiger charge is 2.33. The second-order valence-electron chi connectivity index (χ2n) is 4.03. The summed E-state index contributed by atoms with van der Waals surface area (Å²) in [6.07, 6.45) is 5.68. The van der Waals surface area contributed by atoms with Crippen LogP contribution in [0.5, 0.6) is 0 Å². The van der Waals surface area contributed by atoms with Crippen LogP contribution in [0, 0.1) is 11.3 Å². The Kier molecular flexibility index (Phi) is 2.91. The molecule has 0 aliphatic heterocycles. The van der Waals surface area contributed by atoms with E-state index in [-0.39, 0.29) is 5.91 Å². The van der Waals surface area contributed by atoms with Gasteiger partial charge in [0, 0.05) is 19.6 Å². The first-order chi connectivity index (χ1) is 7.74. The molecular weight excluding hydrogens is 204 g/mol. The fourth-order valence-corrected chi connectivity index (χ4v) is 1.72. The van der Waals surface area contributed by atoms with Crippen molar-refractivity contribution in [3.05, 3.63) is 18.2 Å². The van der Waals surface area contributed by atoms with E-state index >= 15 is 0 Å². The molecule has 0 N–H and O–H groups in total. The summed E-state index contributed by atoms with van der Waals surface area (Å²) < 4.78 is 1.71. The van der Waals surface area contributed by atoms with Crippen LogP contribution in [0.4, 0.5) is 0 Å². The predicted molar refractivity (Wildman–Crippen MR) is 57.5 cm³/mol. The largest absolute Gasteiger partial charge is 0.333 e. The minimum atomic E-state index is -0.0160. The summed E-state index contributed by atoms with van der Waals surface area (Å²) in [6, 6.07) is 2.41. The van der Waals surface area contributed by atoms with Gasteiger partial charge in [-0.2, -0.15) is 5.26 Å². The molecular formula is C11H14N4O. The average Bonchev–Trinajstić information content (AvgIpc) is 3.01. The summed E-state index contributed by atoms with van der Waals surface area (Å²) in [7, 11) is 1.80. The number of rotatable bonds is 4. The van der Waals surface area contributed by atoms with Crippen molar-refractivity contribution in [3.63, 3.8) is 0 Å². The van der Waals surface area contributed by atoms with Crippen molar-refractivity contribution >= 4 is 5.91 Å². The van der Waals surface area contributed by atoms with Crippen LogP contribution in [-0.2, 0) is 7.05 Å². The van der Waals surface area contributed by atoms with Crippen molar-refractivity contribution < 1.29 is 4.79 Å². The van der Waals surface area contributed by atoms with E-state index in [1.165, 1.54) is 0 Å². The van der Waals surface area contributed by atoms with Crippen molar-refractivity contribution in [2.24, 2.45) is 7.05 Å². The van der Waals surface area contributed by atoms with E-state index in [9.17, 15) is 4.79 Å². The van der Waals surface area contributed by atoms with Crippen LogP contribution < -0.4 is 0 Å². The second kappa shape index (κ2) is 4.35. The zero-order valence-electron chi connectivity index (χ0n) is 9.26. The Morgan fingerprint density at radius 1 is 1.75 bits per heavy atom. The van der Waals surface area contributed by atoms with Gasteiger partial charge in [-0.3, -0.25) is 4.79 Å². The number of imidazole rings is 1. The lowest BCUT2D eigenvalue weighted by molar-refractivity contribution is 0.0737. The molecule has 1 saturated carbocycles. The van der Waals surface area contributed by atoms with E-state index in [0.717, 1.165) is 12.8 Å². The normalized spacial score (nSPS) is 14.5. The first-order valence-electron chi connectivity index (χ1n) is 5.38. The van der Waals surface area contributed by atoms with E-state index in [1.807, 2.05) is 0 Å². The maximum absolute atomic E-state index is 12.2. The van der Waals surface area contributed by atoms with Crippen LogP contribution >= 0.6 is 0 Å². The molecule has 5 heteroatoms. The summed E-state index contributed by atoms with van der Waals surface area (Å²) in [5.74, 6) is -0.0160. The van der Waals surface area contributed by atoms with E-state index in [0.29, 0.717) is 24.7 Å². The Morgan fingerprint density at radius 3 is 3.00 bits per heavy atom. The molecule has 1 aliphatic carbocycles. The van der Waals surface area contributed by atoms with Gasteiger partial charge < -0.3 is 9.47 Å². The lowest BCUT2D eigenvalue weighted by Gasteiger charge is -2.20. The highest BCUT2D eigenvalue weighted by atomic mass is 16.2. The molecule has 0 radical (unpaired) electrons. The molecule has 1 amide bonds. The fourth-order valence-electron chi connectivity index (χ4n) is 1.72. The van der Waals surface area contributed by atoms with Crippen molar-refractivity contribution in [2.75, 3.05) is 6.54 Å². The summed E-state index contributed by atoms with van der Waals surface area (Å²) in [6.45, 7) is 0.519. The first-order valence-corrected chi connectivity index (χ1v) is 5.38. The molecule has 1 fully saturated rings. The van der Waals surface area contributed by atoms with E-state index in [2.05, 4.69) is 11.1 Å². The van der Waals surface area contributed by atoms with Crippen molar-refractivity contribution in [3.8, 4) is 6.07 Å². The zero-order chi connectivity index (χ0) is 11.5. The summed E-state index contributed by atoms with van der Waals surface area (Å²) in [5.41, 5.74) is 0.588. The highest BCUT2D eigenvalue weighted by Crippen LogP contribution is 2.28. The molecule has 0 unspecified atom stereocenters. The number of aryl methyl sites for hydroxylation is 1. The Labute approximate surface area is 94.3 Å². The van der Waals surface area contributed by atoms with Crippen molar-refractivity contribution in [2.45, 2.75) is 25.3 Å². The molecule has 0 saturated heterocycles. The number of nitriles is 1. The van der Waals surface area contributed by atoms with Gasteiger partial charge in [-0.05, 0) is 12.8 Å². The van der Waals surface area contributed by atoms with Crippen molar-refractivity contribution in [1.82, 2.24) is 14.5 Å². The number of carbonyl (C=O) groups is 1. The number of nitrogens with zero attached hydrogens (tertiary/aromatic N) is 4. The molecule has 5 nitrogen and oxygen atoms in total. The summed E-state index contributed by atoms with van der Waals surface area (Å²) in [5, 5.41) is 8.58. The topological polar surface area (TPSA) is 61.9 Å². The van der Waals surface area contributed by atoms with Gasteiger partial charge in [0.25, 0.3) is 5.91 Å². The maximum atomic E-state index is 12.2. The van der Waals surface area contributed by atoms with Gasteiger partial charge >= 0.3 is 0 Å². The lowest BCUT2D eigenvalue weighted by atomic mass is 10.3. The van der Waals surface area contributed by atoms with Crippen LogP contribution in [0.25, 0.3) is 0 Å². The van der Waals surface area contributed by atoms with Crippen molar-refractivity contribution in [1.29, 1.82) is 5.26 Å². The minimum absolute atomic E-state index is 0.0160. The summed E-state index contributed by atoms with van der Waals surface area (Å²) >= 11 is 0. The smallest absolute Gasteiger partial charge is 0.272 e. The van der Waals surface area contributed by atoms with E-state index in [4.69, 9.17) is 5.26 Å². The number of aromatic nitrogens is 2. The molecule has 1 aromatic rings. The molecule has 0 spiro atoms. The van der Waals surface area contributed by atoms with Crippen LogP contribution in [0.1, 0.15) is 29.8 Å². The summed E-state index contributed by atoms with van der Waals surface area (Å²) in [4.78, 5) is 17.9. The minimum Gasteiger partial charge on any atom is -0.333 e. The molecule has 0 bridgehead atoms. The third-order valence-electron chi connectivity index (χ3n) is 2.75. The quantitative estimate of drug-likeness (QED) is 0.755.